The summed E-state index contributed by atoms with van der Waals surface area (Å²) in [6.45, 7) is -0.628. The lowest BCUT2D eigenvalue weighted by Crippen LogP contribution is -2.57. The lowest BCUT2D eigenvalue weighted by molar-refractivity contribution is -0.139. The maximum absolute atomic E-state index is 12.6. The summed E-state index contributed by atoms with van der Waals surface area (Å²) >= 11 is 4.00. The number of nitrogens with one attached hydrogen (secondary N) is 3. The SMILES string of the molecule is NC(CC(=O)O)C(=O)NC(CS)C(=O)NC(Cc1ccccc1)C(=O)NCC(=O)O. The van der Waals surface area contributed by atoms with Crippen LogP contribution in [0.25, 0.3) is 0 Å². The third kappa shape index (κ3) is 8.92. The summed E-state index contributed by atoms with van der Waals surface area (Å²) in [6.07, 6.45) is -0.551. The molecule has 12 heteroatoms. The summed E-state index contributed by atoms with van der Waals surface area (Å²) < 4.78 is 0. The molecular weight excluding hydrogens is 416 g/mol. The van der Waals surface area contributed by atoms with Gasteiger partial charge in [0.15, 0.2) is 0 Å². The van der Waals surface area contributed by atoms with Crippen LogP contribution in [-0.2, 0) is 30.4 Å². The number of amides is 3. The van der Waals surface area contributed by atoms with Crippen molar-refractivity contribution >= 4 is 42.3 Å². The van der Waals surface area contributed by atoms with Gasteiger partial charge in [0.2, 0.25) is 17.7 Å². The highest BCUT2D eigenvalue weighted by molar-refractivity contribution is 7.80. The molecule has 7 N–H and O–H groups in total. The summed E-state index contributed by atoms with van der Waals surface area (Å²) in [6, 6.07) is 5.04. The van der Waals surface area contributed by atoms with Gasteiger partial charge in [0.05, 0.1) is 12.5 Å². The summed E-state index contributed by atoms with van der Waals surface area (Å²) in [7, 11) is 0. The van der Waals surface area contributed by atoms with Crippen molar-refractivity contribution in [2.24, 2.45) is 5.73 Å². The van der Waals surface area contributed by atoms with Crippen LogP contribution in [0.4, 0.5) is 0 Å². The minimum atomic E-state index is -1.36. The summed E-state index contributed by atoms with van der Waals surface area (Å²) in [5.41, 5.74) is 6.18. The molecule has 0 saturated heterocycles. The zero-order valence-corrected chi connectivity index (χ0v) is 16.8. The Kier molecular flexibility index (Phi) is 10.3. The molecule has 1 aromatic rings. The van der Waals surface area contributed by atoms with E-state index in [0.717, 1.165) is 0 Å². The van der Waals surface area contributed by atoms with Gasteiger partial charge in [-0.05, 0) is 5.56 Å². The molecule has 0 bridgehead atoms. The molecule has 0 heterocycles. The molecule has 0 radical (unpaired) electrons. The number of benzene rings is 1. The predicted molar refractivity (Wildman–Crippen MR) is 109 cm³/mol. The number of hydrogen-bond donors (Lipinski definition) is 7. The van der Waals surface area contributed by atoms with Crippen LogP contribution in [-0.4, -0.2) is 70.3 Å². The molecule has 0 aliphatic heterocycles. The number of aliphatic carboxylic acids is 2. The largest absolute Gasteiger partial charge is 0.481 e. The first-order chi connectivity index (χ1) is 14.1. The van der Waals surface area contributed by atoms with Crippen LogP contribution in [0, 0.1) is 0 Å². The highest BCUT2D eigenvalue weighted by Gasteiger charge is 2.28. The lowest BCUT2D eigenvalue weighted by atomic mass is 10.0. The number of rotatable bonds is 12. The van der Waals surface area contributed by atoms with Crippen molar-refractivity contribution in [1.82, 2.24) is 16.0 Å². The Bertz CT molecular complexity index is 775. The lowest BCUT2D eigenvalue weighted by Gasteiger charge is -2.23. The molecule has 0 spiro atoms. The van der Waals surface area contributed by atoms with Gasteiger partial charge in [-0.15, -0.1) is 0 Å². The number of carboxylic acid groups (broad SMARTS) is 2. The van der Waals surface area contributed by atoms with E-state index in [1.165, 1.54) is 0 Å². The number of carboxylic acids is 2. The molecule has 11 nitrogen and oxygen atoms in total. The third-order valence-electron chi connectivity index (χ3n) is 3.88. The van der Waals surface area contributed by atoms with E-state index in [2.05, 4.69) is 28.6 Å². The summed E-state index contributed by atoms with van der Waals surface area (Å²) in [5.74, 6) is -5.01. The molecule has 0 fully saturated rings. The van der Waals surface area contributed by atoms with E-state index in [4.69, 9.17) is 15.9 Å². The van der Waals surface area contributed by atoms with E-state index in [-0.39, 0.29) is 12.2 Å². The average Bonchev–Trinajstić information content (AvgIpc) is 2.69. The molecule has 30 heavy (non-hydrogen) atoms. The standard InChI is InChI=1S/C18H24N4O7S/c19-11(7-14(23)24)16(27)22-13(9-30)18(29)21-12(17(28)20-8-15(25)26)6-10-4-2-1-3-5-10/h1-5,11-13,30H,6-9,19H2,(H,20,28)(H,21,29)(H,22,27)(H,23,24)(H,25,26). The first-order valence-corrected chi connectivity index (χ1v) is 9.49. The van der Waals surface area contributed by atoms with Crippen molar-refractivity contribution in [2.45, 2.75) is 31.0 Å². The molecule has 0 aliphatic rings. The molecule has 0 aliphatic carbocycles. The topological polar surface area (TPSA) is 188 Å². The number of thiol groups is 1. The Hall–Kier alpha value is -3.12. The molecular formula is C18H24N4O7S. The van der Waals surface area contributed by atoms with Crippen LogP contribution < -0.4 is 21.7 Å². The minimum Gasteiger partial charge on any atom is -0.481 e. The van der Waals surface area contributed by atoms with Crippen molar-refractivity contribution < 1.29 is 34.2 Å². The maximum Gasteiger partial charge on any atom is 0.322 e. The normalized spacial score (nSPS) is 13.4. The van der Waals surface area contributed by atoms with Crippen LogP contribution in [0.3, 0.4) is 0 Å². The van der Waals surface area contributed by atoms with Gasteiger partial charge in [-0.2, -0.15) is 12.6 Å². The zero-order chi connectivity index (χ0) is 22.7. The number of hydrogen-bond acceptors (Lipinski definition) is 7. The van der Waals surface area contributed by atoms with Crippen LogP contribution in [0.15, 0.2) is 30.3 Å². The van der Waals surface area contributed by atoms with Gasteiger partial charge in [0.25, 0.3) is 0 Å². The maximum atomic E-state index is 12.6. The van der Waals surface area contributed by atoms with Gasteiger partial charge in [-0.25, -0.2) is 0 Å². The second-order valence-electron chi connectivity index (χ2n) is 6.31. The monoisotopic (exact) mass is 440 g/mol. The van der Waals surface area contributed by atoms with Crippen LogP contribution in [0.1, 0.15) is 12.0 Å². The quantitative estimate of drug-likeness (QED) is 0.184. The van der Waals surface area contributed by atoms with Gasteiger partial charge < -0.3 is 31.9 Å². The molecule has 1 rings (SSSR count). The van der Waals surface area contributed by atoms with Crippen molar-refractivity contribution in [3.05, 3.63) is 35.9 Å². The van der Waals surface area contributed by atoms with Crippen molar-refractivity contribution in [3.63, 3.8) is 0 Å². The Labute approximate surface area is 177 Å². The van der Waals surface area contributed by atoms with Crippen molar-refractivity contribution in [2.75, 3.05) is 12.3 Å². The van der Waals surface area contributed by atoms with Gasteiger partial charge in [-0.3, -0.25) is 24.0 Å². The highest BCUT2D eigenvalue weighted by Crippen LogP contribution is 2.05. The summed E-state index contributed by atoms with van der Waals surface area (Å²) in [5, 5.41) is 24.4. The van der Waals surface area contributed by atoms with Gasteiger partial charge in [-0.1, -0.05) is 30.3 Å². The zero-order valence-electron chi connectivity index (χ0n) is 15.9. The smallest absolute Gasteiger partial charge is 0.322 e. The van der Waals surface area contributed by atoms with Gasteiger partial charge >= 0.3 is 11.9 Å². The van der Waals surface area contributed by atoms with Gasteiger partial charge in [0.1, 0.15) is 18.6 Å². The molecule has 164 valence electrons. The fourth-order valence-corrected chi connectivity index (χ4v) is 2.63. The first-order valence-electron chi connectivity index (χ1n) is 8.86. The number of carbonyl (C=O) groups is 5. The van der Waals surface area contributed by atoms with E-state index in [1.807, 2.05) is 0 Å². The van der Waals surface area contributed by atoms with E-state index in [0.29, 0.717) is 5.56 Å². The fraction of sp³-hybridized carbons (Fsp3) is 0.389. The van der Waals surface area contributed by atoms with E-state index in [9.17, 15) is 24.0 Å². The van der Waals surface area contributed by atoms with Gasteiger partial charge in [0, 0.05) is 12.2 Å². The molecule has 0 saturated carbocycles. The Morgan fingerprint density at radius 2 is 1.50 bits per heavy atom. The summed E-state index contributed by atoms with van der Waals surface area (Å²) in [4.78, 5) is 58.3. The minimum absolute atomic E-state index is 0.0732. The second-order valence-corrected chi connectivity index (χ2v) is 6.68. The van der Waals surface area contributed by atoms with Crippen LogP contribution >= 0.6 is 12.6 Å². The Morgan fingerprint density at radius 1 is 0.900 bits per heavy atom. The highest BCUT2D eigenvalue weighted by atomic mass is 32.1. The Morgan fingerprint density at radius 3 is 2.03 bits per heavy atom. The number of carbonyl (C=O) groups excluding carboxylic acids is 3. The molecule has 3 amide bonds. The van der Waals surface area contributed by atoms with Crippen molar-refractivity contribution in [3.8, 4) is 0 Å². The Balaban J connectivity index is 2.86. The van der Waals surface area contributed by atoms with Crippen LogP contribution in [0.5, 0.6) is 0 Å². The van der Waals surface area contributed by atoms with Crippen molar-refractivity contribution in [1.29, 1.82) is 0 Å². The predicted octanol–water partition coefficient (Wildman–Crippen LogP) is -1.87. The van der Waals surface area contributed by atoms with Crippen LogP contribution in [0.2, 0.25) is 0 Å². The molecule has 3 atom stereocenters. The van der Waals surface area contributed by atoms with E-state index in [1.54, 1.807) is 30.3 Å². The van der Waals surface area contributed by atoms with E-state index < -0.39 is 60.8 Å². The fourth-order valence-electron chi connectivity index (χ4n) is 2.37. The second kappa shape index (κ2) is 12.4. The first kappa shape index (κ1) is 24.9. The molecule has 1 aromatic carbocycles. The molecule has 3 unspecified atom stereocenters. The number of nitrogens with two attached hydrogens (primary N) is 1. The van der Waals surface area contributed by atoms with E-state index >= 15 is 0 Å². The average molecular weight is 440 g/mol. The molecule has 0 aromatic heterocycles. The third-order valence-corrected chi connectivity index (χ3v) is 4.24.